The predicted molar refractivity (Wildman–Crippen MR) is 126 cm³/mol. The summed E-state index contributed by atoms with van der Waals surface area (Å²) in [5.41, 5.74) is 3.74. The van der Waals surface area contributed by atoms with Crippen molar-refractivity contribution in [3.63, 3.8) is 0 Å². The molecule has 4 rings (SSSR count). The van der Waals surface area contributed by atoms with Gasteiger partial charge in [-0.05, 0) is 37.5 Å². The fraction of sp³-hybridized carbons (Fsp3) is 0.364. The van der Waals surface area contributed by atoms with Gasteiger partial charge in [-0.3, -0.25) is 4.99 Å². The lowest BCUT2D eigenvalue weighted by atomic mass is 9.96. The molecule has 2 aromatic heterocycles. The molecule has 5 nitrogen and oxygen atoms in total. The van der Waals surface area contributed by atoms with E-state index in [2.05, 4.69) is 63.5 Å². The molecule has 1 aromatic carbocycles. The first-order valence-corrected chi connectivity index (χ1v) is 9.79. The second-order valence-corrected chi connectivity index (χ2v) is 7.22. The number of guanidine groups is 1. The molecular formula is C22H28IN5. The number of nitrogens with one attached hydrogen (secondary N) is 2. The van der Waals surface area contributed by atoms with Crippen LogP contribution >= 0.6 is 24.0 Å². The summed E-state index contributed by atoms with van der Waals surface area (Å²) in [6.45, 7) is 4.61. The van der Waals surface area contributed by atoms with Gasteiger partial charge >= 0.3 is 0 Å². The summed E-state index contributed by atoms with van der Waals surface area (Å²) in [5.74, 6) is 0.892. The van der Waals surface area contributed by atoms with Crippen molar-refractivity contribution in [2.45, 2.75) is 31.6 Å². The molecule has 148 valence electrons. The predicted octanol–water partition coefficient (Wildman–Crippen LogP) is 3.78. The van der Waals surface area contributed by atoms with Crippen LogP contribution in [0.5, 0.6) is 0 Å². The highest BCUT2D eigenvalue weighted by Gasteiger charge is 2.43. The summed E-state index contributed by atoms with van der Waals surface area (Å²) >= 11 is 0. The molecule has 0 aliphatic heterocycles. The molecule has 0 unspecified atom stereocenters. The number of imidazole rings is 1. The van der Waals surface area contributed by atoms with Crippen molar-refractivity contribution >= 4 is 35.6 Å². The van der Waals surface area contributed by atoms with Crippen molar-refractivity contribution in [2.24, 2.45) is 4.99 Å². The van der Waals surface area contributed by atoms with E-state index in [1.54, 1.807) is 0 Å². The van der Waals surface area contributed by atoms with Crippen LogP contribution in [0.4, 0.5) is 0 Å². The van der Waals surface area contributed by atoms with Gasteiger partial charge in [0.1, 0.15) is 5.65 Å². The fourth-order valence-electron chi connectivity index (χ4n) is 3.47. The Hall–Kier alpha value is -2.09. The molecule has 0 amide bonds. The van der Waals surface area contributed by atoms with Gasteiger partial charge in [-0.15, -0.1) is 24.0 Å². The van der Waals surface area contributed by atoms with E-state index in [1.807, 2.05) is 24.4 Å². The Balaban J connectivity index is 0.00000225. The summed E-state index contributed by atoms with van der Waals surface area (Å²) in [4.78, 5) is 9.52. The molecule has 0 atom stereocenters. The second-order valence-electron chi connectivity index (χ2n) is 7.22. The SMILES string of the molecule is CCNC(=NCC1(c2ccccc2)CC1)NCCc1cn2ccccc2n1.I. The van der Waals surface area contributed by atoms with Gasteiger partial charge in [0.2, 0.25) is 0 Å². The van der Waals surface area contributed by atoms with E-state index in [0.29, 0.717) is 0 Å². The number of aliphatic imine (C=N–C) groups is 1. The highest BCUT2D eigenvalue weighted by atomic mass is 127. The van der Waals surface area contributed by atoms with Gasteiger partial charge in [0, 0.05) is 37.3 Å². The highest BCUT2D eigenvalue weighted by molar-refractivity contribution is 14.0. The first-order chi connectivity index (χ1) is 13.3. The molecule has 2 N–H and O–H groups in total. The number of pyridine rings is 1. The van der Waals surface area contributed by atoms with Crippen LogP contribution in [-0.2, 0) is 11.8 Å². The molecular weight excluding hydrogens is 461 g/mol. The Bertz CT molecular complexity index is 882. The minimum absolute atomic E-state index is 0. The summed E-state index contributed by atoms with van der Waals surface area (Å²) in [7, 11) is 0. The molecule has 3 aromatic rings. The zero-order valence-corrected chi connectivity index (χ0v) is 18.6. The smallest absolute Gasteiger partial charge is 0.191 e. The molecule has 0 radical (unpaired) electrons. The topological polar surface area (TPSA) is 53.7 Å². The first kappa shape index (κ1) is 20.6. The molecule has 0 saturated heterocycles. The van der Waals surface area contributed by atoms with Crippen LogP contribution in [0.3, 0.4) is 0 Å². The van der Waals surface area contributed by atoms with E-state index in [9.17, 15) is 0 Å². The molecule has 0 bridgehead atoms. The normalized spacial score (nSPS) is 15.1. The molecule has 28 heavy (non-hydrogen) atoms. The van der Waals surface area contributed by atoms with Crippen LogP contribution in [0.2, 0.25) is 0 Å². The van der Waals surface area contributed by atoms with Gasteiger partial charge in [0.25, 0.3) is 0 Å². The molecule has 6 heteroatoms. The first-order valence-electron chi connectivity index (χ1n) is 9.79. The van der Waals surface area contributed by atoms with Crippen molar-refractivity contribution in [3.05, 3.63) is 72.2 Å². The second kappa shape index (κ2) is 9.41. The molecule has 0 spiro atoms. The van der Waals surface area contributed by atoms with Crippen LogP contribution < -0.4 is 10.6 Å². The number of hydrogen-bond acceptors (Lipinski definition) is 2. The Labute approximate surface area is 183 Å². The lowest BCUT2D eigenvalue weighted by molar-refractivity contribution is 0.691. The van der Waals surface area contributed by atoms with Gasteiger partial charge < -0.3 is 15.0 Å². The monoisotopic (exact) mass is 489 g/mol. The fourth-order valence-corrected chi connectivity index (χ4v) is 3.47. The van der Waals surface area contributed by atoms with Crippen LogP contribution in [0.25, 0.3) is 5.65 Å². The summed E-state index contributed by atoms with van der Waals surface area (Å²) < 4.78 is 2.06. The minimum atomic E-state index is 0. The van der Waals surface area contributed by atoms with Gasteiger partial charge in [0.15, 0.2) is 5.96 Å². The van der Waals surface area contributed by atoms with Gasteiger partial charge in [-0.25, -0.2) is 4.98 Å². The van der Waals surface area contributed by atoms with E-state index in [4.69, 9.17) is 4.99 Å². The number of halogens is 1. The van der Waals surface area contributed by atoms with E-state index >= 15 is 0 Å². The molecule has 1 fully saturated rings. The standard InChI is InChI=1S/C22H27N5.HI/c1-2-23-21(25-17-22(12-13-22)18-8-4-3-5-9-18)24-14-11-19-16-27-15-7-6-10-20(27)26-19;/h3-10,15-16H,2,11-14,17H2,1H3,(H2,23,24,25);1H. The average molecular weight is 489 g/mol. The van der Waals surface area contributed by atoms with E-state index in [-0.39, 0.29) is 29.4 Å². The number of hydrogen-bond donors (Lipinski definition) is 2. The average Bonchev–Trinajstić information content (AvgIpc) is 3.39. The summed E-state index contributed by atoms with van der Waals surface area (Å²) in [6, 6.07) is 16.8. The lowest BCUT2D eigenvalue weighted by Gasteiger charge is -2.15. The largest absolute Gasteiger partial charge is 0.357 e. The minimum Gasteiger partial charge on any atom is -0.357 e. The third-order valence-corrected chi connectivity index (χ3v) is 5.21. The molecule has 1 aliphatic rings. The van der Waals surface area contributed by atoms with Crippen LogP contribution in [-0.4, -0.2) is 35.0 Å². The third kappa shape index (κ3) is 4.84. The maximum atomic E-state index is 4.87. The maximum absolute atomic E-state index is 4.87. The Morgan fingerprint density at radius 3 is 2.61 bits per heavy atom. The number of aromatic nitrogens is 2. The van der Waals surface area contributed by atoms with E-state index in [1.165, 1.54) is 18.4 Å². The van der Waals surface area contributed by atoms with Gasteiger partial charge in [0.05, 0.1) is 12.2 Å². The lowest BCUT2D eigenvalue weighted by Crippen LogP contribution is -2.39. The van der Waals surface area contributed by atoms with E-state index < -0.39 is 0 Å². The van der Waals surface area contributed by atoms with Gasteiger partial charge in [-0.1, -0.05) is 36.4 Å². The Morgan fingerprint density at radius 1 is 1.11 bits per heavy atom. The van der Waals surface area contributed by atoms with Crippen LogP contribution in [0, 0.1) is 0 Å². The van der Waals surface area contributed by atoms with Crippen molar-refractivity contribution in [2.75, 3.05) is 19.6 Å². The maximum Gasteiger partial charge on any atom is 0.191 e. The Kier molecular flexibility index (Phi) is 6.93. The third-order valence-electron chi connectivity index (χ3n) is 5.21. The van der Waals surface area contributed by atoms with Crippen LogP contribution in [0.1, 0.15) is 31.0 Å². The number of benzene rings is 1. The number of fused-ring (bicyclic) bond motifs is 1. The molecule has 1 aliphatic carbocycles. The zero-order valence-electron chi connectivity index (χ0n) is 16.3. The van der Waals surface area contributed by atoms with Crippen molar-refractivity contribution in [1.29, 1.82) is 0 Å². The summed E-state index contributed by atoms with van der Waals surface area (Å²) in [5, 5.41) is 6.82. The van der Waals surface area contributed by atoms with Crippen molar-refractivity contribution < 1.29 is 0 Å². The van der Waals surface area contributed by atoms with Gasteiger partial charge in [-0.2, -0.15) is 0 Å². The number of rotatable bonds is 7. The zero-order chi connectivity index (χ0) is 18.5. The van der Waals surface area contributed by atoms with Crippen molar-refractivity contribution in [1.82, 2.24) is 20.0 Å². The summed E-state index contributed by atoms with van der Waals surface area (Å²) in [6.07, 6.45) is 7.44. The molecule has 2 heterocycles. The quantitative estimate of drug-likeness (QED) is 0.302. The van der Waals surface area contributed by atoms with Crippen LogP contribution in [0.15, 0.2) is 65.9 Å². The van der Waals surface area contributed by atoms with E-state index in [0.717, 1.165) is 43.4 Å². The Morgan fingerprint density at radius 2 is 1.89 bits per heavy atom. The number of nitrogens with zero attached hydrogens (tertiary/aromatic N) is 3. The van der Waals surface area contributed by atoms with Crippen molar-refractivity contribution in [3.8, 4) is 0 Å². The highest BCUT2D eigenvalue weighted by Crippen LogP contribution is 2.48. The molecule has 1 saturated carbocycles.